The van der Waals surface area contributed by atoms with Crippen LogP contribution in [0.4, 0.5) is 0 Å². The zero-order valence-corrected chi connectivity index (χ0v) is 8.25. The third-order valence-corrected chi connectivity index (χ3v) is 2.10. The predicted octanol–water partition coefficient (Wildman–Crippen LogP) is 2.33. The maximum Gasteiger partial charge on any atom is 0.0656 e. The van der Waals surface area contributed by atoms with Gasteiger partial charge in [-0.3, -0.25) is 0 Å². The first kappa shape index (κ1) is 11.4. The molecule has 0 bridgehead atoms. The Hall–Kier alpha value is -0.550. The number of hydrogen-bond acceptors (Lipinski definition) is 2. The van der Waals surface area contributed by atoms with Gasteiger partial charge in [0, 0.05) is 5.92 Å². The summed E-state index contributed by atoms with van der Waals surface area (Å²) in [6, 6.07) is 2.20. The Morgan fingerprint density at radius 1 is 1.25 bits per heavy atom. The molecule has 1 rings (SSSR count). The van der Waals surface area contributed by atoms with Crippen molar-refractivity contribution in [1.82, 2.24) is 0 Å². The van der Waals surface area contributed by atoms with E-state index >= 15 is 0 Å². The fourth-order valence-corrected chi connectivity index (χ4v) is 1.67. The fraction of sp³-hybridized carbons (Fsp3) is 0.900. The molecule has 1 aliphatic rings. The van der Waals surface area contributed by atoms with Crippen LogP contribution in [-0.4, -0.2) is 11.2 Å². The van der Waals surface area contributed by atoms with Crippen LogP contribution in [-0.2, 0) is 0 Å². The predicted molar refractivity (Wildman–Crippen MR) is 49.5 cm³/mol. The van der Waals surface area contributed by atoms with Crippen LogP contribution in [0.2, 0.25) is 0 Å². The van der Waals surface area contributed by atoms with Crippen molar-refractivity contribution in [2.24, 2.45) is 11.8 Å². The Kier molecular flexibility index (Phi) is 5.74. The van der Waals surface area contributed by atoms with Gasteiger partial charge in [0.15, 0.2) is 0 Å². The molecule has 0 radical (unpaired) electrons. The molecule has 1 aliphatic carbocycles. The van der Waals surface area contributed by atoms with Gasteiger partial charge < -0.3 is 5.11 Å². The lowest BCUT2D eigenvalue weighted by Gasteiger charge is -2.25. The average Bonchev–Trinajstić information content (AvgIpc) is 2.06. The Balaban J connectivity index is 0.000000561. The molecule has 1 N–H and O–H groups in total. The van der Waals surface area contributed by atoms with Crippen molar-refractivity contribution in [3.05, 3.63) is 0 Å². The van der Waals surface area contributed by atoms with Gasteiger partial charge in [0.05, 0.1) is 12.2 Å². The van der Waals surface area contributed by atoms with E-state index < -0.39 is 0 Å². The van der Waals surface area contributed by atoms with Crippen molar-refractivity contribution in [2.75, 3.05) is 0 Å². The molecule has 2 heteroatoms. The Morgan fingerprint density at radius 3 is 2.25 bits per heavy atom. The number of hydrogen-bond donors (Lipinski definition) is 1. The van der Waals surface area contributed by atoms with Gasteiger partial charge >= 0.3 is 0 Å². The highest BCUT2D eigenvalue weighted by atomic mass is 16.3. The second kappa shape index (κ2) is 6.02. The van der Waals surface area contributed by atoms with E-state index in [9.17, 15) is 5.11 Å². The molecule has 1 fully saturated rings. The standard InChI is InChI=1S/C8H13NO.C2H6/c1-6-2-7(5-9)4-8(10)3-6;1-2/h6-8,10H,2-4H2,1H3;1-2H3/t6-,7+,8?;/m1./s1. The van der Waals surface area contributed by atoms with E-state index in [0.29, 0.717) is 12.3 Å². The zero-order chi connectivity index (χ0) is 9.56. The van der Waals surface area contributed by atoms with Crippen LogP contribution >= 0.6 is 0 Å². The van der Waals surface area contributed by atoms with Gasteiger partial charge in [-0.2, -0.15) is 5.26 Å². The fourth-order valence-electron chi connectivity index (χ4n) is 1.67. The molecular formula is C10H19NO. The van der Waals surface area contributed by atoms with Gasteiger partial charge in [-0.25, -0.2) is 0 Å². The van der Waals surface area contributed by atoms with Gasteiger partial charge in [0.25, 0.3) is 0 Å². The minimum atomic E-state index is -0.228. The summed E-state index contributed by atoms with van der Waals surface area (Å²) >= 11 is 0. The monoisotopic (exact) mass is 169 g/mol. The van der Waals surface area contributed by atoms with Crippen LogP contribution in [0.1, 0.15) is 40.0 Å². The Labute approximate surface area is 75.2 Å². The summed E-state index contributed by atoms with van der Waals surface area (Å²) in [6.07, 6.45) is 2.29. The van der Waals surface area contributed by atoms with Crippen LogP contribution in [0.25, 0.3) is 0 Å². The number of nitriles is 1. The molecule has 0 aromatic rings. The molecule has 0 aromatic carbocycles. The molecule has 3 atom stereocenters. The summed E-state index contributed by atoms with van der Waals surface area (Å²) in [5.74, 6) is 0.618. The third-order valence-electron chi connectivity index (χ3n) is 2.10. The molecule has 0 aliphatic heterocycles. The molecule has 12 heavy (non-hydrogen) atoms. The van der Waals surface area contributed by atoms with Crippen molar-refractivity contribution in [1.29, 1.82) is 5.26 Å². The number of rotatable bonds is 0. The molecule has 0 saturated heterocycles. The van der Waals surface area contributed by atoms with Gasteiger partial charge in [-0.05, 0) is 25.2 Å². The van der Waals surface area contributed by atoms with E-state index in [2.05, 4.69) is 13.0 Å². The first-order chi connectivity index (χ1) is 5.72. The van der Waals surface area contributed by atoms with Gasteiger partial charge in [0.1, 0.15) is 0 Å². The van der Waals surface area contributed by atoms with E-state index in [1.165, 1.54) is 0 Å². The van der Waals surface area contributed by atoms with Crippen molar-refractivity contribution in [3.63, 3.8) is 0 Å². The lowest BCUT2D eigenvalue weighted by atomic mass is 9.82. The molecule has 0 spiro atoms. The van der Waals surface area contributed by atoms with Crippen molar-refractivity contribution < 1.29 is 5.11 Å². The molecular weight excluding hydrogens is 150 g/mol. The molecule has 70 valence electrons. The SMILES string of the molecule is CC.C[C@H]1CC(O)C[C@@H](C#N)C1. The lowest BCUT2D eigenvalue weighted by Crippen LogP contribution is -2.23. The normalized spacial score (nSPS) is 34.4. The summed E-state index contributed by atoms with van der Waals surface area (Å²) in [6.45, 7) is 6.09. The van der Waals surface area contributed by atoms with E-state index in [1.54, 1.807) is 0 Å². The second-order valence-electron chi connectivity index (χ2n) is 3.29. The first-order valence-corrected chi connectivity index (χ1v) is 4.80. The highest BCUT2D eigenvalue weighted by Crippen LogP contribution is 2.27. The van der Waals surface area contributed by atoms with E-state index in [1.807, 2.05) is 13.8 Å². The van der Waals surface area contributed by atoms with Crippen LogP contribution in [0.3, 0.4) is 0 Å². The van der Waals surface area contributed by atoms with E-state index in [4.69, 9.17) is 5.26 Å². The average molecular weight is 169 g/mol. The van der Waals surface area contributed by atoms with Gasteiger partial charge in [-0.1, -0.05) is 20.8 Å². The van der Waals surface area contributed by atoms with Gasteiger partial charge in [0.2, 0.25) is 0 Å². The van der Waals surface area contributed by atoms with E-state index in [-0.39, 0.29) is 12.0 Å². The molecule has 1 unspecified atom stereocenters. The number of aliphatic hydroxyl groups is 1. The minimum absolute atomic E-state index is 0.0961. The van der Waals surface area contributed by atoms with Crippen LogP contribution < -0.4 is 0 Å². The van der Waals surface area contributed by atoms with E-state index in [0.717, 1.165) is 12.8 Å². The Morgan fingerprint density at radius 2 is 1.83 bits per heavy atom. The van der Waals surface area contributed by atoms with Crippen LogP contribution in [0, 0.1) is 23.2 Å². The van der Waals surface area contributed by atoms with Crippen LogP contribution in [0.15, 0.2) is 0 Å². The third kappa shape index (κ3) is 3.73. The lowest BCUT2D eigenvalue weighted by molar-refractivity contribution is 0.0894. The highest BCUT2D eigenvalue weighted by molar-refractivity contribution is 4.89. The molecule has 0 aromatic heterocycles. The van der Waals surface area contributed by atoms with Crippen LogP contribution in [0.5, 0.6) is 0 Å². The summed E-state index contributed by atoms with van der Waals surface area (Å²) in [4.78, 5) is 0. The maximum atomic E-state index is 9.23. The molecule has 1 saturated carbocycles. The van der Waals surface area contributed by atoms with Crippen molar-refractivity contribution in [3.8, 4) is 6.07 Å². The Bertz CT molecular complexity index is 140. The van der Waals surface area contributed by atoms with Crippen molar-refractivity contribution >= 4 is 0 Å². The maximum absolute atomic E-state index is 9.23. The minimum Gasteiger partial charge on any atom is -0.393 e. The second-order valence-corrected chi connectivity index (χ2v) is 3.29. The smallest absolute Gasteiger partial charge is 0.0656 e. The molecule has 2 nitrogen and oxygen atoms in total. The largest absolute Gasteiger partial charge is 0.393 e. The summed E-state index contributed by atoms with van der Waals surface area (Å²) < 4.78 is 0. The number of nitrogens with zero attached hydrogens (tertiary/aromatic N) is 1. The molecule has 0 amide bonds. The first-order valence-electron chi connectivity index (χ1n) is 4.80. The number of aliphatic hydroxyl groups excluding tert-OH is 1. The summed E-state index contributed by atoms with van der Waals surface area (Å²) in [7, 11) is 0. The van der Waals surface area contributed by atoms with Gasteiger partial charge in [-0.15, -0.1) is 0 Å². The summed E-state index contributed by atoms with van der Waals surface area (Å²) in [5.41, 5.74) is 0. The summed E-state index contributed by atoms with van der Waals surface area (Å²) in [5, 5.41) is 17.8. The van der Waals surface area contributed by atoms with Crippen molar-refractivity contribution in [2.45, 2.75) is 46.1 Å². The topological polar surface area (TPSA) is 44.0 Å². The zero-order valence-electron chi connectivity index (χ0n) is 8.25. The quantitative estimate of drug-likeness (QED) is 0.605. The highest BCUT2D eigenvalue weighted by Gasteiger charge is 2.24. The molecule has 0 heterocycles.